The Morgan fingerprint density at radius 2 is 2.16 bits per heavy atom. The Labute approximate surface area is 119 Å². The maximum atomic E-state index is 12.1. The minimum absolute atomic E-state index is 0. The number of hydrogen-bond donors (Lipinski definition) is 2. The van der Waals surface area contributed by atoms with E-state index in [0.29, 0.717) is 12.5 Å². The van der Waals surface area contributed by atoms with Crippen LogP contribution in [0.2, 0.25) is 0 Å². The number of halogens is 1. The fraction of sp³-hybridized carbons (Fsp3) is 0.500. The predicted molar refractivity (Wildman–Crippen MR) is 75.5 cm³/mol. The highest BCUT2D eigenvalue weighted by Gasteiger charge is 2.28. The van der Waals surface area contributed by atoms with Gasteiger partial charge in [-0.25, -0.2) is 0 Å². The maximum Gasteiger partial charge on any atom is 0.253 e. The molecule has 2 heterocycles. The highest BCUT2D eigenvalue weighted by Crippen LogP contribution is 2.26. The van der Waals surface area contributed by atoms with Crippen molar-refractivity contribution in [3.05, 3.63) is 35.4 Å². The lowest BCUT2D eigenvalue weighted by Gasteiger charge is -2.29. The van der Waals surface area contributed by atoms with Gasteiger partial charge in [0.05, 0.1) is 6.61 Å². The van der Waals surface area contributed by atoms with Gasteiger partial charge in [0.25, 0.3) is 5.91 Å². The number of rotatable bonds is 3. The number of hydrogen-bond acceptors (Lipinski definition) is 3. The van der Waals surface area contributed by atoms with Gasteiger partial charge < -0.3 is 15.4 Å². The number of amides is 1. The van der Waals surface area contributed by atoms with Gasteiger partial charge >= 0.3 is 0 Å². The summed E-state index contributed by atoms with van der Waals surface area (Å²) in [5, 5.41) is 6.19. The van der Waals surface area contributed by atoms with Crippen molar-refractivity contribution in [1.82, 2.24) is 10.6 Å². The second kappa shape index (κ2) is 6.37. The lowest BCUT2D eigenvalue weighted by molar-refractivity contribution is -0.134. The predicted octanol–water partition coefficient (Wildman–Crippen LogP) is 1.06. The molecular weight excluding hydrogens is 264 g/mol. The van der Waals surface area contributed by atoms with Crippen molar-refractivity contribution < 1.29 is 9.53 Å². The summed E-state index contributed by atoms with van der Waals surface area (Å²) in [4.78, 5) is 12.1. The number of fused-ring (bicyclic) bond motifs is 1. The smallest absolute Gasteiger partial charge is 0.253 e. The van der Waals surface area contributed by atoms with Gasteiger partial charge in [-0.2, -0.15) is 0 Å². The lowest BCUT2D eigenvalue weighted by atomic mass is 9.97. The molecule has 0 aliphatic carbocycles. The fourth-order valence-corrected chi connectivity index (χ4v) is 2.44. The third-order valence-corrected chi connectivity index (χ3v) is 3.66. The topological polar surface area (TPSA) is 50.4 Å². The first-order valence-corrected chi connectivity index (χ1v) is 6.52. The Morgan fingerprint density at radius 1 is 1.37 bits per heavy atom. The van der Waals surface area contributed by atoms with Crippen LogP contribution >= 0.6 is 12.4 Å². The molecule has 2 aliphatic rings. The van der Waals surface area contributed by atoms with Crippen molar-refractivity contribution in [2.45, 2.75) is 12.5 Å². The number of ether oxygens (including phenoxy) is 1. The van der Waals surface area contributed by atoms with Gasteiger partial charge in [-0.15, -0.1) is 12.4 Å². The van der Waals surface area contributed by atoms with Crippen LogP contribution in [0.1, 0.15) is 17.2 Å². The molecule has 1 atom stereocenters. The molecule has 2 aliphatic heterocycles. The van der Waals surface area contributed by atoms with Gasteiger partial charge in [0, 0.05) is 25.6 Å². The van der Waals surface area contributed by atoms with E-state index in [9.17, 15) is 4.79 Å². The number of carbonyl (C=O) groups is 1. The van der Waals surface area contributed by atoms with Gasteiger partial charge in [0.2, 0.25) is 0 Å². The molecule has 0 saturated carbocycles. The van der Waals surface area contributed by atoms with Crippen LogP contribution in [-0.2, 0) is 16.0 Å². The molecule has 5 heteroatoms. The van der Waals surface area contributed by atoms with Gasteiger partial charge in [-0.3, -0.25) is 4.79 Å². The molecule has 1 amide bonds. The molecule has 1 aromatic rings. The lowest BCUT2D eigenvalue weighted by Crippen LogP contribution is -2.49. The standard InChI is InChI=1S/C14H18N2O2.ClH/c17-14(16-9-10-7-15-8-10)13-12-4-2-1-3-11(12)5-6-18-13;/h1-4,10,13,15H,5-9H2,(H,16,17);1H. The summed E-state index contributed by atoms with van der Waals surface area (Å²) in [6, 6.07) is 8.04. The maximum absolute atomic E-state index is 12.1. The summed E-state index contributed by atoms with van der Waals surface area (Å²) in [6.45, 7) is 3.37. The zero-order chi connectivity index (χ0) is 12.4. The SMILES string of the molecule is Cl.O=C(NCC1CNC1)C1OCCc2ccccc21. The molecule has 104 valence electrons. The Bertz CT molecular complexity index is 449. The summed E-state index contributed by atoms with van der Waals surface area (Å²) in [7, 11) is 0. The average Bonchev–Trinajstić information content (AvgIpc) is 2.36. The Hall–Kier alpha value is -1.10. The van der Waals surface area contributed by atoms with Crippen LogP contribution in [0.15, 0.2) is 24.3 Å². The van der Waals surface area contributed by atoms with E-state index in [4.69, 9.17) is 4.74 Å². The van der Waals surface area contributed by atoms with Crippen molar-refractivity contribution in [3.8, 4) is 0 Å². The van der Waals surface area contributed by atoms with E-state index in [1.165, 1.54) is 5.56 Å². The van der Waals surface area contributed by atoms with E-state index in [1.807, 2.05) is 18.2 Å². The molecule has 2 N–H and O–H groups in total. The third-order valence-electron chi connectivity index (χ3n) is 3.66. The summed E-state index contributed by atoms with van der Waals surface area (Å²) < 4.78 is 5.62. The number of benzene rings is 1. The van der Waals surface area contributed by atoms with Crippen molar-refractivity contribution in [1.29, 1.82) is 0 Å². The van der Waals surface area contributed by atoms with Gasteiger partial charge in [0.1, 0.15) is 0 Å². The first kappa shape index (κ1) is 14.3. The zero-order valence-corrected chi connectivity index (χ0v) is 11.5. The minimum atomic E-state index is -0.428. The van der Waals surface area contributed by atoms with Crippen molar-refractivity contribution >= 4 is 18.3 Å². The van der Waals surface area contributed by atoms with Gasteiger partial charge in [0.15, 0.2) is 6.10 Å². The second-order valence-electron chi connectivity index (χ2n) is 4.97. The fourth-order valence-electron chi connectivity index (χ4n) is 2.44. The second-order valence-corrected chi connectivity index (χ2v) is 4.97. The zero-order valence-electron chi connectivity index (χ0n) is 10.7. The van der Waals surface area contributed by atoms with E-state index >= 15 is 0 Å². The largest absolute Gasteiger partial charge is 0.363 e. The van der Waals surface area contributed by atoms with Crippen LogP contribution < -0.4 is 10.6 Å². The third kappa shape index (κ3) is 3.08. The molecule has 0 radical (unpaired) electrons. The number of carbonyl (C=O) groups excluding carboxylic acids is 1. The molecule has 4 nitrogen and oxygen atoms in total. The van der Waals surface area contributed by atoms with Crippen molar-refractivity contribution in [2.24, 2.45) is 5.92 Å². The molecule has 1 aromatic carbocycles. The van der Waals surface area contributed by atoms with Crippen LogP contribution in [0.5, 0.6) is 0 Å². The van der Waals surface area contributed by atoms with Crippen molar-refractivity contribution in [3.63, 3.8) is 0 Å². The van der Waals surface area contributed by atoms with Gasteiger partial charge in [-0.05, 0) is 17.5 Å². The molecule has 1 saturated heterocycles. The summed E-state index contributed by atoms with van der Waals surface area (Å²) in [5.74, 6) is 0.571. The quantitative estimate of drug-likeness (QED) is 0.872. The molecule has 0 bridgehead atoms. The Kier molecular flexibility index (Phi) is 4.80. The minimum Gasteiger partial charge on any atom is -0.363 e. The van der Waals surface area contributed by atoms with E-state index in [0.717, 1.165) is 31.6 Å². The molecule has 1 unspecified atom stereocenters. The summed E-state index contributed by atoms with van der Waals surface area (Å²) >= 11 is 0. The Morgan fingerprint density at radius 3 is 2.89 bits per heavy atom. The first-order valence-electron chi connectivity index (χ1n) is 6.52. The Balaban J connectivity index is 0.00000133. The molecule has 0 spiro atoms. The molecule has 1 fully saturated rings. The van der Waals surface area contributed by atoms with E-state index in [1.54, 1.807) is 0 Å². The summed E-state index contributed by atoms with van der Waals surface area (Å²) in [5.41, 5.74) is 2.25. The van der Waals surface area contributed by atoms with Crippen LogP contribution in [0.3, 0.4) is 0 Å². The van der Waals surface area contributed by atoms with Crippen LogP contribution in [0, 0.1) is 5.92 Å². The van der Waals surface area contributed by atoms with E-state index in [-0.39, 0.29) is 18.3 Å². The van der Waals surface area contributed by atoms with Crippen LogP contribution in [0.25, 0.3) is 0 Å². The van der Waals surface area contributed by atoms with E-state index in [2.05, 4.69) is 16.7 Å². The molecular formula is C14H19ClN2O2. The molecule has 19 heavy (non-hydrogen) atoms. The van der Waals surface area contributed by atoms with Crippen LogP contribution in [-0.4, -0.2) is 32.1 Å². The highest BCUT2D eigenvalue weighted by molar-refractivity contribution is 5.85. The monoisotopic (exact) mass is 282 g/mol. The van der Waals surface area contributed by atoms with E-state index < -0.39 is 6.10 Å². The normalized spacial score (nSPS) is 21.8. The number of nitrogens with one attached hydrogen (secondary N) is 2. The first-order chi connectivity index (χ1) is 8.84. The van der Waals surface area contributed by atoms with Gasteiger partial charge in [-0.1, -0.05) is 24.3 Å². The molecule has 3 rings (SSSR count). The van der Waals surface area contributed by atoms with Crippen LogP contribution in [0.4, 0.5) is 0 Å². The molecule has 0 aromatic heterocycles. The average molecular weight is 283 g/mol. The highest BCUT2D eigenvalue weighted by atomic mass is 35.5. The van der Waals surface area contributed by atoms with Crippen molar-refractivity contribution in [2.75, 3.05) is 26.2 Å². The summed E-state index contributed by atoms with van der Waals surface area (Å²) in [6.07, 6.45) is 0.468.